The minimum absolute atomic E-state index is 0.327. The smallest absolute Gasteiger partial charge is 0.123 e. The van der Waals surface area contributed by atoms with E-state index in [1.54, 1.807) is 17.8 Å². The molecule has 0 fully saturated rings. The van der Waals surface area contributed by atoms with Crippen LogP contribution in [0.2, 0.25) is 5.02 Å². The van der Waals surface area contributed by atoms with Crippen LogP contribution in [0.3, 0.4) is 0 Å². The fourth-order valence-electron chi connectivity index (χ4n) is 2.17. The molecule has 0 radical (unpaired) electrons. The molecule has 0 aliphatic carbocycles. The molecule has 100 valence electrons. The Bertz CT molecular complexity index is 755. The first-order valence-electron chi connectivity index (χ1n) is 6.32. The van der Waals surface area contributed by atoms with Crippen LogP contribution in [0.15, 0.2) is 65.6 Å². The van der Waals surface area contributed by atoms with Gasteiger partial charge in [-0.05, 0) is 35.2 Å². The first-order chi connectivity index (χ1) is 9.74. The SMILES string of the molecule is Oc1ccc(SCc2cccc(Cl)c2)c2ccccc12. The van der Waals surface area contributed by atoms with Crippen molar-refractivity contribution in [2.75, 3.05) is 0 Å². The molecule has 1 N–H and O–H groups in total. The highest BCUT2D eigenvalue weighted by Crippen LogP contribution is 2.34. The lowest BCUT2D eigenvalue weighted by Gasteiger charge is -2.08. The van der Waals surface area contributed by atoms with Crippen LogP contribution in [-0.4, -0.2) is 5.11 Å². The van der Waals surface area contributed by atoms with Gasteiger partial charge in [0.15, 0.2) is 0 Å². The summed E-state index contributed by atoms with van der Waals surface area (Å²) in [6, 6.07) is 19.5. The number of phenols is 1. The van der Waals surface area contributed by atoms with Gasteiger partial charge in [-0.15, -0.1) is 11.8 Å². The van der Waals surface area contributed by atoms with E-state index in [1.165, 1.54) is 10.5 Å². The maximum absolute atomic E-state index is 9.89. The van der Waals surface area contributed by atoms with Gasteiger partial charge in [-0.3, -0.25) is 0 Å². The molecule has 0 aliphatic rings. The first-order valence-corrected chi connectivity index (χ1v) is 7.68. The summed E-state index contributed by atoms with van der Waals surface area (Å²) in [6.07, 6.45) is 0. The maximum atomic E-state index is 9.89. The maximum Gasteiger partial charge on any atom is 0.123 e. The van der Waals surface area contributed by atoms with E-state index in [0.717, 1.165) is 21.5 Å². The second-order valence-corrected chi connectivity index (χ2v) is 6.00. The number of fused-ring (bicyclic) bond motifs is 1. The van der Waals surface area contributed by atoms with Gasteiger partial charge in [0.05, 0.1) is 0 Å². The number of aromatic hydroxyl groups is 1. The molecule has 20 heavy (non-hydrogen) atoms. The summed E-state index contributed by atoms with van der Waals surface area (Å²) >= 11 is 7.75. The highest BCUT2D eigenvalue weighted by molar-refractivity contribution is 7.98. The van der Waals surface area contributed by atoms with Crippen molar-refractivity contribution in [1.29, 1.82) is 0 Å². The molecule has 1 nitrogen and oxygen atoms in total. The van der Waals surface area contributed by atoms with Gasteiger partial charge in [-0.25, -0.2) is 0 Å². The molecule has 0 atom stereocenters. The number of phenolic OH excluding ortho intramolecular Hbond substituents is 1. The summed E-state index contributed by atoms with van der Waals surface area (Å²) in [5.41, 5.74) is 1.19. The summed E-state index contributed by atoms with van der Waals surface area (Å²) in [5, 5.41) is 12.6. The van der Waals surface area contributed by atoms with Crippen molar-refractivity contribution in [3.8, 4) is 5.75 Å². The molecule has 0 aliphatic heterocycles. The molecular formula is C17H13ClOS. The average Bonchev–Trinajstić information content (AvgIpc) is 2.47. The van der Waals surface area contributed by atoms with Crippen LogP contribution in [0, 0.1) is 0 Å². The van der Waals surface area contributed by atoms with E-state index in [4.69, 9.17) is 11.6 Å². The van der Waals surface area contributed by atoms with Gasteiger partial charge in [0, 0.05) is 21.1 Å². The summed E-state index contributed by atoms with van der Waals surface area (Å²) in [7, 11) is 0. The van der Waals surface area contributed by atoms with E-state index in [-0.39, 0.29) is 0 Å². The number of halogens is 1. The van der Waals surface area contributed by atoms with Gasteiger partial charge < -0.3 is 5.11 Å². The minimum atomic E-state index is 0.327. The molecule has 3 rings (SSSR count). The van der Waals surface area contributed by atoms with E-state index in [2.05, 4.69) is 6.07 Å². The van der Waals surface area contributed by atoms with Crippen LogP contribution in [-0.2, 0) is 5.75 Å². The summed E-state index contributed by atoms with van der Waals surface area (Å²) in [6.45, 7) is 0. The van der Waals surface area contributed by atoms with Crippen molar-refractivity contribution in [2.24, 2.45) is 0 Å². The second-order valence-electron chi connectivity index (χ2n) is 4.55. The van der Waals surface area contributed by atoms with Crippen molar-refractivity contribution in [2.45, 2.75) is 10.6 Å². The van der Waals surface area contributed by atoms with Crippen LogP contribution < -0.4 is 0 Å². The lowest BCUT2D eigenvalue weighted by atomic mass is 10.1. The monoisotopic (exact) mass is 300 g/mol. The molecule has 3 aromatic carbocycles. The third kappa shape index (κ3) is 2.77. The highest BCUT2D eigenvalue weighted by Gasteiger charge is 2.05. The van der Waals surface area contributed by atoms with Gasteiger partial charge in [0.2, 0.25) is 0 Å². The van der Waals surface area contributed by atoms with Crippen molar-refractivity contribution >= 4 is 34.1 Å². The van der Waals surface area contributed by atoms with Gasteiger partial charge in [-0.2, -0.15) is 0 Å². The van der Waals surface area contributed by atoms with Crippen molar-refractivity contribution < 1.29 is 5.11 Å². The molecule has 0 amide bonds. The topological polar surface area (TPSA) is 20.2 Å². The molecule has 0 bridgehead atoms. The van der Waals surface area contributed by atoms with E-state index in [1.807, 2.05) is 48.5 Å². The van der Waals surface area contributed by atoms with E-state index < -0.39 is 0 Å². The number of thioether (sulfide) groups is 1. The number of rotatable bonds is 3. The molecule has 0 saturated carbocycles. The summed E-state index contributed by atoms with van der Waals surface area (Å²) in [5.74, 6) is 1.18. The van der Waals surface area contributed by atoms with Crippen LogP contribution in [0.4, 0.5) is 0 Å². The molecular weight excluding hydrogens is 288 g/mol. The van der Waals surface area contributed by atoms with Crippen LogP contribution in [0.5, 0.6) is 5.75 Å². The van der Waals surface area contributed by atoms with Gasteiger partial charge in [0.1, 0.15) is 5.75 Å². The molecule has 0 saturated heterocycles. The van der Waals surface area contributed by atoms with Crippen LogP contribution >= 0.6 is 23.4 Å². The quantitative estimate of drug-likeness (QED) is 0.645. The van der Waals surface area contributed by atoms with Crippen molar-refractivity contribution in [1.82, 2.24) is 0 Å². The Labute approximate surface area is 127 Å². The van der Waals surface area contributed by atoms with Gasteiger partial charge >= 0.3 is 0 Å². The predicted molar refractivity (Wildman–Crippen MR) is 86.6 cm³/mol. The van der Waals surface area contributed by atoms with E-state index >= 15 is 0 Å². The average molecular weight is 301 g/mol. The molecule has 0 spiro atoms. The standard InChI is InChI=1S/C17H13ClOS/c18-13-5-3-4-12(10-13)11-20-17-9-8-16(19)14-6-1-2-7-15(14)17/h1-10,19H,11H2. The van der Waals surface area contributed by atoms with Crippen LogP contribution in [0.1, 0.15) is 5.56 Å². The predicted octanol–water partition coefficient (Wildman–Crippen LogP) is 5.49. The highest BCUT2D eigenvalue weighted by atomic mass is 35.5. The zero-order valence-corrected chi connectivity index (χ0v) is 12.3. The Kier molecular flexibility index (Phi) is 3.86. The third-order valence-corrected chi connectivity index (χ3v) is 4.52. The zero-order chi connectivity index (χ0) is 13.9. The van der Waals surface area contributed by atoms with E-state index in [0.29, 0.717) is 5.75 Å². The Hall–Kier alpha value is -1.64. The molecule has 0 aromatic heterocycles. The molecule has 0 unspecified atom stereocenters. The lowest BCUT2D eigenvalue weighted by molar-refractivity contribution is 0.481. The first kappa shape index (κ1) is 13.3. The van der Waals surface area contributed by atoms with Gasteiger partial charge in [-0.1, -0.05) is 48.0 Å². The van der Waals surface area contributed by atoms with Crippen LogP contribution in [0.25, 0.3) is 10.8 Å². The largest absolute Gasteiger partial charge is 0.507 e. The fraction of sp³-hybridized carbons (Fsp3) is 0.0588. The fourth-order valence-corrected chi connectivity index (χ4v) is 3.38. The molecule has 3 aromatic rings. The normalized spacial score (nSPS) is 10.8. The number of benzene rings is 3. The number of hydrogen-bond donors (Lipinski definition) is 1. The summed E-state index contributed by atoms with van der Waals surface area (Å²) < 4.78 is 0. The second kappa shape index (κ2) is 5.78. The molecule has 3 heteroatoms. The lowest BCUT2D eigenvalue weighted by Crippen LogP contribution is -1.82. The van der Waals surface area contributed by atoms with Crippen molar-refractivity contribution in [3.63, 3.8) is 0 Å². The Morgan fingerprint density at radius 2 is 1.70 bits per heavy atom. The van der Waals surface area contributed by atoms with Gasteiger partial charge in [0.25, 0.3) is 0 Å². The molecule has 0 heterocycles. The Balaban J connectivity index is 1.90. The Morgan fingerprint density at radius 1 is 0.900 bits per heavy atom. The van der Waals surface area contributed by atoms with E-state index in [9.17, 15) is 5.11 Å². The minimum Gasteiger partial charge on any atom is -0.507 e. The zero-order valence-electron chi connectivity index (χ0n) is 10.7. The Morgan fingerprint density at radius 3 is 2.50 bits per heavy atom. The third-order valence-electron chi connectivity index (χ3n) is 3.14. The summed E-state index contributed by atoms with van der Waals surface area (Å²) in [4.78, 5) is 1.17. The van der Waals surface area contributed by atoms with Crippen molar-refractivity contribution in [3.05, 3.63) is 71.2 Å². The number of hydrogen-bond acceptors (Lipinski definition) is 2.